The van der Waals surface area contributed by atoms with Crippen molar-refractivity contribution in [2.24, 2.45) is 0 Å². The highest BCUT2D eigenvalue weighted by Gasteiger charge is 2.27. The Labute approximate surface area is 472 Å². The number of amides is 1. The lowest BCUT2D eigenvalue weighted by Gasteiger charge is -2.30. The second-order valence-corrected chi connectivity index (χ2v) is 25.0. The molecule has 9 nitrogen and oxygen atoms in total. The van der Waals surface area contributed by atoms with Crippen molar-refractivity contribution in [2.75, 3.05) is 40.9 Å². The van der Waals surface area contributed by atoms with Crippen LogP contribution < -0.4 is 10.2 Å². The number of phosphoric ester groups is 1. The Morgan fingerprint density at radius 2 is 0.763 bits per heavy atom. The average Bonchev–Trinajstić information content (AvgIpc) is 3.38. The van der Waals surface area contributed by atoms with E-state index < -0.39 is 20.0 Å². The van der Waals surface area contributed by atoms with Crippen LogP contribution in [-0.2, 0) is 27.9 Å². The number of esters is 1. The highest BCUT2D eigenvalue weighted by molar-refractivity contribution is 7.45. The number of quaternary nitrogens is 1. The highest BCUT2D eigenvalue weighted by atomic mass is 31.2. The van der Waals surface area contributed by atoms with Crippen molar-refractivity contribution in [3.63, 3.8) is 0 Å². The van der Waals surface area contributed by atoms with Gasteiger partial charge >= 0.3 is 5.97 Å². The van der Waals surface area contributed by atoms with Crippen LogP contribution >= 0.6 is 7.82 Å². The molecule has 3 atom stereocenters. The van der Waals surface area contributed by atoms with E-state index in [0.29, 0.717) is 17.4 Å². The van der Waals surface area contributed by atoms with Gasteiger partial charge in [0.1, 0.15) is 19.3 Å². The van der Waals surface area contributed by atoms with Gasteiger partial charge < -0.3 is 28.5 Å². The number of allylic oxidation sites excluding steroid dienone is 5. The Hall–Kier alpha value is -1.77. The first kappa shape index (κ1) is 74.2. The molecule has 76 heavy (non-hydrogen) atoms. The number of nitrogens with one attached hydrogen (secondary N) is 1. The number of ether oxygens (including phenoxy) is 1. The van der Waals surface area contributed by atoms with Crippen LogP contribution in [0.5, 0.6) is 0 Å². The minimum Gasteiger partial charge on any atom is -0.756 e. The second kappa shape index (κ2) is 56.5. The molecule has 0 aromatic rings. The summed E-state index contributed by atoms with van der Waals surface area (Å²) in [6.07, 6.45) is 68.3. The summed E-state index contributed by atoms with van der Waals surface area (Å²) in [6.45, 7) is 6.86. The molecule has 0 saturated heterocycles. The van der Waals surface area contributed by atoms with Crippen molar-refractivity contribution in [3.8, 4) is 0 Å². The zero-order chi connectivity index (χ0) is 55.7. The number of phosphoric acid groups is 1. The number of likely N-dealkylation sites (N-methyl/N-ethyl adjacent to an activating group) is 1. The molecule has 0 aromatic heterocycles. The van der Waals surface area contributed by atoms with Gasteiger partial charge in [-0.25, -0.2) is 0 Å². The molecule has 1 N–H and O–H groups in total. The number of rotatable bonds is 60. The normalized spacial score (nSPS) is 13.8. The Kier molecular flexibility index (Phi) is 55.2. The van der Waals surface area contributed by atoms with Crippen LogP contribution in [0.25, 0.3) is 0 Å². The molecule has 0 aromatic carbocycles. The number of carbonyl (C=O) groups is 2. The van der Waals surface area contributed by atoms with Gasteiger partial charge in [-0.15, -0.1) is 0 Å². The maximum Gasteiger partial charge on any atom is 0.306 e. The van der Waals surface area contributed by atoms with E-state index in [1.54, 1.807) is 0 Å². The molecule has 0 rings (SSSR count). The zero-order valence-electron chi connectivity index (χ0n) is 51.2. The third-order valence-electron chi connectivity index (χ3n) is 14.8. The lowest BCUT2D eigenvalue weighted by atomic mass is 10.0. The van der Waals surface area contributed by atoms with E-state index in [0.717, 1.165) is 70.6 Å². The van der Waals surface area contributed by atoms with Crippen molar-refractivity contribution in [2.45, 2.75) is 335 Å². The predicted octanol–water partition coefficient (Wildman–Crippen LogP) is 19.7. The SMILES string of the molecule is CCCCCC/C=C\CCCCCCCCCC(=O)NC(COP(=O)([O-])OCC[N+](C)(C)C)C(/C=C\CCCCCCCCCCCC)OC(=O)CCCCCCCCCCCCCCC/C=C/CCCCCCCC. The van der Waals surface area contributed by atoms with E-state index >= 15 is 0 Å². The van der Waals surface area contributed by atoms with Gasteiger partial charge in [0.05, 0.1) is 33.8 Å². The largest absolute Gasteiger partial charge is 0.756 e. The molecule has 0 fully saturated rings. The van der Waals surface area contributed by atoms with Crippen LogP contribution in [0.3, 0.4) is 0 Å². The highest BCUT2D eigenvalue weighted by Crippen LogP contribution is 2.38. The molecule has 0 aliphatic carbocycles. The van der Waals surface area contributed by atoms with E-state index in [1.165, 1.54) is 218 Å². The summed E-state index contributed by atoms with van der Waals surface area (Å²) in [5, 5.41) is 3.03. The molecule has 0 bridgehead atoms. The van der Waals surface area contributed by atoms with E-state index in [4.69, 9.17) is 13.8 Å². The Morgan fingerprint density at radius 3 is 1.13 bits per heavy atom. The average molecular weight is 1090 g/mol. The first-order valence-electron chi connectivity index (χ1n) is 32.8. The van der Waals surface area contributed by atoms with Crippen LogP contribution in [0.15, 0.2) is 36.5 Å². The number of hydrogen-bond donors (Lipinski definition) is 1. The standard InChI is InChI=1S/C66H127N2O7P/c1-7-10-13-16-19-22-25-28-30-31-32-33-34-35-36-37-39-41-44-47-50-53-56-59-66(70)75-64(57-54-51-48-45-42-27-24-21-18-15-12-9-3)63(62-74-76(71,72)73-61-60-68(4,5)6)67-65(69)58-55-52-49-46-43-40-38-29-26-23-20-17-14-11-8-2/h23,26,28,30,54,57,63-64H,7-22,24-25,27,29,31-53,55-56,58-62H2,1-6H3,(H-,67,69,71,72)/b26-23-,30-28+,57-54-. The lowest BCUT2D eigenvalue weighted by molar-refractivity contribution is -0.870. The van der Waals surface area contributed by atoms with Gasteiger partial charge in [-0.3, -0.25) is 14.2 Å². The maximum absolute atomic E-state index is 13.5. The topological polar surface area (TPSA) is 114 Å². The van der Waals surface area contributed by atoms with Gasteiger partial charge in [-0.2, -0.15) is 0 Å². The molecule has 0 saturated carbocycles. The summed E-state index contributed by atoms with van der Waals surface area (Å²) in [5.41, 5.74) is 0. The van der Waals surface area contributed by atoms with Crippen LogP contribution in [0.1, 0.15) is 323 Å². The van der Waals surface area contributed by atoms with Crippen molar-refractivity contribution in [3.05, 3.63) is 36.5 Å². The van der Waals surface area contributed by atoms with Crippen molar-refractivity contribution >= 4 is 19.7 Å². The fourth-order valence-corrected chi connectivity index (χ4v) is 10.4. The van der Waals surface area contributed by atoms with Crippen LogP contribution in [0.4, 0.5) is 0 Å². The molecule has 0 aliphatic heterocycles. The summed E-state index contributed by atoms with van der Waals surface area (Å²) >= 11 is 0. The van der Waals surface area contributed by atoms with Crippen LogP contribution in [0, 0.1) is 0 Å². The maximum atomic E-state index is 13.5. The Morgan fingerprint density at radius 1 is 0.447 bits per heavy atom. The first-order chi connectivity index (χ1) is 36.9. The van der Waals surface area contributed by atoms with E-state index in [1.807, 2.05) is 33.3 Å². The molecule has 10 heteroatoms. The zero-order valence-corrected chi connectivity index (χ0v) is 52.1. The van der Waals surface area contributed by atoms with Crippen LogP contribution in [0.2, 0.25) is 0 Å². The second-order valence-electron chi connectivity index (χ2n) is 23.6. The first-order valence-corrected chi connectivity index (χ1v) is 34.3. The summed E-state index contributed by atoms with van der Waals surface area (Å²) in [7, 11) is 1.19. The lowest BCUT2D eigenvalue weighted by Crippen LogP contribution is -2.47. The van der Waals surface area contributed by atoms with Crippen molar-refractivity contribution in [1.82, 2.24) is 5.32 Å². The summed E-state index contributed by atoms with van der Waals surface area (Å²) < 4.78 is 30.4. The molecule has 0 spiro atoms. The molecular formula is C66H127N2O7P. The van der Waals surface area contributed by atoms with Gasteiger partial charge in [-0.05, 0) is 83.1 Å². The van der Waals surface area contributed by atoms with E-state index in [2.05, 4.69) is 50.4 Å². The number of hydrogen-bond acceptors (Lipinski definition) is 7. The monoisotopic (exact) mass is 1090 g/mol. The quantitative estimate of drug-likeness (QED) is 0.0212. The molecule has 0 heterocycles. The molecule has 0 aliphatic rings. The minimum atomic E-state index is -4.70. The molecule has 0 radical (unpaired) electrons. The smallest absolute Gasteiger partial charge is 0.306 e. The molecule has 1 amide bonds. The number of nitrogens with zero attached hydrogens (tertiary/aromatic N) is 1. The fraction of sp³-hybridized carbons (Fsp3) is 0.879. The summed E-state index contributed by atoms with van der Waals surface area (Å²) in [6, 6.07) is -0.887. The van der Waals surface area contributed by atoms with Crippen molar-refractivity contribution in [1.29, 1.82) is 0 Å². The summed E-state index contributed by atoms with van der Waals surface area (Å²) in [5.74, 6) is -0.533. The fourth-order valence-electron chi connectivity index (χ4n) is 9.69. The third kappa shape index (κ3) is 56.9. The van der Waals surface area contributed by atoms with Gasteiger partial charge in [0.2, 0.25) is 5.91 Å². The minimum absolute atomic E-state index is 0.0211. The van der Waals surface area contributed by atoms with Crippen molar-refractivity contribution < 1.29 is 37.3 Å². The Balaban J connectivity index is 5.12. The Bertz CT molecular complexity index is 1400. The van der Waals surface area contributed by atoms with Gasteiger partial charge in [0.25, 0.3) is 7.82 Å². The number of carbonyl (C=O) groups excluding carboxylic acids is 2. The van der Waals surface area contributed by atoms with Gasteiger partial charge in [0.15, 0.2) is 0 Å². The van der Waals surface area contributed by atoms with Gasteiger partial charge in [0, 0.05) is 12.8 Å². The number of unbranched alkanes of at least 4 members (excludes halogenated alkanes) is 40. The predicted molar refractivity (Wildman–Crippen MR) is 326 cm³/mol. The van der Waals surface area contributed by atoms with Gasteiger partial charge in [-0.1, -0.05) is 263 Å². The summed E-state index contributed by atoms with van der Waals surface area (Å²) in [4.78, 5) is 40.0. The molecular weight excluding hydrogens is 964 g/mol. The van der Waals surface area contributed by atoms with E-state index in [9.17, 15) is 19.0 Å². The third-order valence-corrected chi connectivity index (χ3v) is 15.8. The molecule has 3 unspecified atom stereocenters. The molecule has 448 valence electrons. The van der Waals surface area contributed by atoms with Crippen LogP contribution in [-0.4, -0.2) is 69.4 Å². The van der Waals surface area contributed by atoms with E-state index in [-0.39, 0.29) is 31.5 Å².